The second-order valence-electron chi connectivity index (χ2n) is 5.80. The number of hydrogen-bond donors (Lipinski definition) is 0. The lowest BCUT2D eigenvalue weighted by atomic mass is 10.3. The number of ether oxygens (including phenoxy) is 1. The number of rotatable bonds is 2. The molecule has 1 saturated heterocycles. The van der Waals surface area contributed by atoms with E-state index < -0.39 is 0 Å². The van der Waals surface area contributed by atoms with Crippen LogP contribution in [0.5, 0.6) is 5.75 Å². The molecule has 5 nitrogen and oxygen atoms in total. The highest BCUT2D eigenvalue weighted by atomic mass is 32.2. The van der Waals surface area contributed by atoms with Crippen LogP contribution >= 0.6 is 23.5 Å². The number of nitrogens with zero attached hydrogens (tertiary/aromatic N) is 3. The van der Waals surface area contributed by atoms with E-state index in [2.05, 4.69) is 22.0 Å². The van der Waals surface area contributed by atoms with Crippen molar-refractivity contribution >= 4 is 46.0 Å². The minimum atomic E-state index is -0.0363. The number of anilines is 1. The lowest BCUT2D eigenvalue weighted by Crippen LogP contribution is -2.24. The van der Waals surface area contributed by atoms with E-state index in [9.17, 15) is 4.79 Å². The first-order chi connectivity index (χ1) is 12.6. The van der Waals surface area contributed by atoms with E-state index in [-0.39, 0.29) is 5.91 Å². The van der Waals surface area contributed by atoms with E-state index in [1.165, 1.54) is 11.8 Å². The van der Waals surface area contributed by atoms with Gasteiger partial charge in [0.1, 0.15) is 16.3 Å². The van der Waals surface area contributed by atoms with Crippen LogP contribution in [0.25, 0.3) is 0 Å². The summed E-state index contributed by atoms with van der Waals surface area (Å²) >= 11 is 3.02. The van der Waals surface area contributed by atoms with E-state index in [4.69, 9.17) is 4.74 Å². The number of thioether (sulfide) groups is 2. The number of hydrogen-bond acceptors (Lipinski definition) is 6. The topological polar surface area (TPSA) is 45.1 Å². The molecule has 4 rings (SSSR count). The van der Waals surface area contributed by atoms with Gasteiger partial charge in [-0.2, -0.15) is 0 Å². The van der Waals surface area contributed by atoms with Crippen molar-refractivity contribution in [1.29, 1.82) is 0 Å². The molecule has 0 spiro atoms. The van der Waals surface area contributed by atoms with Crippen LogP contribution in [0.1, 0.15) is 0 Å². The van der Waals surface area contributed by atoms with Gasteiger partial charge in [0, 0.05) is 19.0 Å². The van der Waals surface area contributed by atoms with Gasteiger partial charge in [-0.1, -0.05) is 36.0 Å². The molecule has 1 fully saturated rings. The van der Waals surface area contributed by atoms with Crippen LogP contribution in [-0.4, -0.2) is 37.2 Å². The van der Waals surface area contributed by atoms with Crippen molar-refractivity contribution in [1.82, 2.24) is 4.90 Å². The fraction of sp³-hybridized carbons (Fsp3) is 0.158. The molecule has 2 aromatic carbocycles. The molecule has 0 saturated carbocycles. The Labute approximate surface area is 160 Å². The van der Waals surface area contributed by atoms with Gasteiger partial charge in [-0.05, 0) is 36.0 Å². The van der Waals surface area contributed by atoms with Gasteiger partial charge in [-0.3, -0.25) is 9.69 Å². The van der Waals surface area contributed by atoms with Gasteiger partial charge in [0.25, 0.3) is 5.91 Å². The number of fused-ring (bicyclic) bond motifs is 1. The van der Waals surface area contributed by atoms with Gasteiger partial charge in [0.05, 0.1) is 17.8 Å². The molecule has 2 aliphatic heterocycles. The lowest BCUT2D eigenvalue weighted by Gasteiger charge is -2.14. The normalized spacial score (nSPS) is 20.9. The third kappa shape index (κ3) is 2.77. The molecule has 132 valence electrons. The Morgan fingerprint density at radius 2 is 1.69 bits per heavy atom. The summed E-state index contributed by atoms with van der Waals surface area (Å²) in [4.78, 5) is 23.0. The number of carbonyl (C=O) groups is 1. The van der Waals surface area contributed by atoms with Crippen molar-refractivity contribution in [3.8, 4) is 5.75 Å². The minimum Gasteiger partial charge on any atom is -0.494 e. The van der Waals surface area contributed by atoms with Gasteiger partial charge < -0.3 is 9.64 Å². The maximum absolute atomic E-state index is 12.8. The Kier molecular flexibility index (Phi) is 4.42. The van der Waals surface area contributed by atoms with Crippen molar-refractivity contribution in [2.45, 2.75) is 4.90 Å². The summed E-state index contributed by atoms with van der Waals surface area (Å²) in [5.41, 5.74) is 1.82. The average molecular weight is 383 g/mol. The number of likely N-dealkylation sites (N-methyl/N-ethyl adjacent to an activating group) is 1. The number of carbonyl (C=O) groups excluding carboxylic acids is 1. The largest absolute Gasteiger partial charge is 0.494 e. The zero-order chi connectivity index (χ0) is 18.3. The zero-order valence-corrected chi connectivity index (χ0v) is 16.2. The Hall–Kier alpha value is -2.38. The molecule has 2 aliphatic rings. The number of para-hydroxylation sites is 3. The number of benzene rings is 2. The molecular weight excluding hydrogens is 366 g/mol. The van der Waals surface area contributed by atoms with Gasteiger partial charge in [0.2, 0.25) is 0 Å². The van der Waals surface area contributed by atoms with Crippen molar-refractivity contribution in [3.05, 3.63) is 58.5 Å². The Morgan fingerprint density at radius 1 is 0.962 bits per heavy atom. The summed E-state index contributed by atoms with van der Waals surface area (Å²) in [6, 6.07) is 15.7. The maximum atomic E-state index is 12.8. The van der Waals surface area contributed by atoms with Gasteiger partial charge in [-0.15, -0.1) is 0 Å². The maximum Gasteiger partial charge on any atom is 0.269 e. The van der Waals surface area contributed by atoms with Crippen molar-refractivity contribution in [3.63, 3.8) is 0 Å². The predicted octanol–water partition coefficient (Wildman–Crippen LogP) is 4.30. The molecule has 26 heavy (non-hydrogen) atoms. The number of amides is 1. The zero-order valence-electron chi connectivity index (χ0n) is 14.6. The van der Waals surface area contributed by atoms with Crippen LogP contribution in [0.15, 0.2) is 68.4 Å². The van der Waals surface area contributed by atoms with Gasteiger partial charge in [0.15, 0.2) is 5.17 Å². The summed E-state index contributed by atoms with van der Waals surface area (Å²) in [6.45, 7) is 0. The van der Waals surface area contributed by atoms with Crippen LogP contribution in [-0.2, 0) is 4.79 Å². The standard InChI is InChI=1S/C19H17N3O2S2/c1-21-13-9-5-7-11-15(13)25-18(21)16-17(23)22(2)19(26-16)20-12-8-4-6-10-14(12)24-3/h4-11H,1-3H3. The lowest BCUT2D eigenvalue weighted by molar-refractivity contribution is -0.121. The summed E-state index contributed by atoms with van der Waals surface area (Å²) in [6.07, 6.45) is 0. The molecule has 2 aromatic rings. The first kappa shape index (κ1) is 17.1. The van der Waals surface area contributed by atoms with Crippen LogP contribution in [0.2, 0.25) is 0 Å². The monoisotopic (exact) mass is 383 g/mol. The third-order valence-corrected chi connectivity index (χ3v) is 6.70. The highest BCUT2D eigenvalue weighted by Crippen LogP contribution is 2.49. The molecule has 0 unspecified atom stereocenters. The Morgan fingerprint density at radius 3 is 2.46 bits per heavy atom. The van der Waals surface area contributed by atoms with Crippen molar-refractivity contribution in [2.24, 2.45) is 4.99 Å². The molecule has 2 heterocycles. The Bertz CT molecular complexity index is 955. The molecular formula is C19H17N3O2S2. The molecule has 0 aromatic heterocycles. The smallest absolute Gasteiger partial charge is 0.269 e. The summed E-state index contributed by atoms with van der Waals surface area (Å²) < 4.78 is 5.36. The molecule has 0 aliphatic carbocycles. The molecule has 0 radical (unpaired) electrons. The molecule has 0 bridgehead atoms. The summed E-state index contributed by atoms with van der Waals surface area (Å²) in [5.74, 6) is 0.646. The van der Waals surface area contributed by atoms with E-state index >= 15 is 0 Å². The van der Waals surface area contributed by atoms with E-state index in [0.29, 0.717) is 21.5 Å². The average Bonchev–Trinajstić information content (AvgIpc) is 3.14. The molecule has 7 heteroatoms. The molecule has 0 N–H and O–H groups in total. The summed E-state index contributed by atoms with van der Waals surface area (Å²) in [7, 11) is 5.36. The van der Waals surface area contributed by atoms with Gasteiger partial charge in [-0.25, -0.2) is 4.99 Å². The van der Waals surface area contributed by atoms with Gasteiger partial charge >= 0.3 is 0 Å². The van der Waals surface area contributed by atoms with Crippen LogP contribution < -0.4 is 9.64 Å². The second-order valence-corrected chi connectivity index (χ2v) is 7.80. The first-order valence-corrected chi connectivity index (χ1v) is 9.66. The molecule has 0 atom stereocenters. The summed E-state index contributed by atoms with van der Waals surface area (Å²) in [5, 5.41) is 1.59. The van der Waals surface area contributed by atoms with E-state index in [0.717, 1.165) is 15.6 Å². The first-order valence-electron chi connectivity index (χ1n) is 8.02. The fourth-order valence-corrected chi connectivity index (χ4v) is 5.13. The van der Waals surface area contributed by atoms with E-state index in [1.54, 1.807) is 30.8 Å². The fourth-order valence-electron chi connectivity index (χ4n) is 2.80. The SMILES string of the molecule is COc1ccccc1N=C1SC(=C2Sc3ccccc3N2C)C(=O)N1C. The minimum absolute atomic E-state index is 0.0363. The molecule has 1 amide bonds. The predicted molar refractivity (Wildman–Crippen MR) is 108 cm³/mol. The van der Waals surface area contributed by atoms with Crippen LogP contribution in [0.3, 0.4) is 0 Å². The van der Waals surface area contributed by atoms with E-state index in [1.807, 2.05) is 43.4 Å². The Balaban J connectivity index is 1.72. The van der Waals surface area contributed by atoms with Crippen LogP contribution in [0, 0.1) is 0 Å². The number of aliphatic imine (C=N–C) groups is 1. The number of amidine groups is 1. The quantitative estimate of drug-likeness (QED) is 0.724. The highest BCUT2D eigenvalue weighted by Gasteiger charge is 2.37. The number of methoxy groups -OCH3 is 1. The second kappa shape index (κ2) is 6.74. The van der Waals surface area contributed by atoms with Crippen LogP contribution in [0.4, 0.5) is 11.4 Å². The third-order valence-electron chi connectivity index (χ3n) is 4.21. The highest BCUT2D eigenvalue weighted by molar-refractivity contribution is 8.19. The van der Waals surface area contributed by atoms with Crippen molar-refractivity contribution < 1.29 is 9.53 Å². The van der Waals surface area contributed by atoms with Crippen molar-refractivity contribution in [2.75, 3.05) is 26.1 Å².